The van der Waals surface area contributed by atoms with Crippen LogP contribution in [0.1, 0.15) is 96.3 Å². The van der Waals surface area contributed by atoms with E-state index >= 15 is 0 Å². The van der Waals surface area contributed by atoms with Crippen molar-refractivity contribution in [3.05, 3.63) is 187 Å². The summed E-state index contributed by atoms with van der Waals surface area (Å²) in [6, 6.07) is 63.3. The molecule has 1 aliphatic rings. The lowest BCUT2D eigenvalue weighted by atomic mass is 9.78. The fraction of sp³-hybridized carbons (Fsp3) is 0.233. The fourth-order valence-electron chi connectivity index (χ4n) is 10.0. The van der Waals surface area contributed by atoms with E-state index in [0.717, 1.165) is 50.1 Å². The fourth-order valence-corrected chi connectivity index (χ4v) is 10.0. The third kappa shape index (κ3) is 7.30. The number of hydrogen-bond donors (Lipinski definition) is 0. The normalized spacial score (nSPS) is 13.9. The Kier molecular flexibility index (Phi) is 10.1. The molecule has 0 spiro atoms. The van der Waals surface area contributed by atoms with Crippen LogP contribution >= 0.6 is 0 Å². The lowest BCUT2D eigenvalue weighted by Crippen LogP contribution is -2.17. The molecule has 0 bridgehead atoms. The largest absolute Gasteiger partial charge is 0.456 e. The predicted molar refractivity (Wildman–Crippen MR) is 265 cm³/mol. The summed E-state index contributed by atoms with van der Waals surface area (Å²) in [5.41, 5.74) is 16.5. The summed E-state index contributed by atoms with van der Waals surface area (Å²) in [5, 5.41) is 4.97. The molecule has 8 aromatic carbocycles. The molecule has 1 fully saturated rings. The maximum absolute atomic E-state index is 6.50. The Morgan fingerprint density at radius 2 is 0.968 bits per heavy atom. The molecule has 62 heavy (non-hydrogen) atoms. The summed E-state index contributed by atoms with van der Waals surface area (Å²) in [6.07, 6.45) is 6.44. The highest BCUT2D eigenvalue weighted by Crippen LogP contribution is 2.50. The van der Waals surface area contributed by atoms with E-state index in [1.165, 1.54) is 81.8 Å². The van der Waals surface area contributed by atoms with Crippen LogP contribution in [0.25, 0.3) is 66.1 Å². The molecule has 1 heterocycles. The average Bonchev–Trinajstić information content (AvgIpc) is 3.67. The number of anilines is 3. The molecule has 0 unspecified atom stereocenters. The Hall–Kier alpha value is -6.38. The van der Waals surface area contributed by atoms with Gasteiger partial charge in [-0.05, 0) is 110 Å². The number of para-hydroxylation sites is 4. The molecule has 308 valence electrons. The molecule has 0 aliphatic heterocycles. The van der Waals surface area contributed by atoms with Gasteiger partial charge in [-0.1, -0.05) is 194 Å². The van der Waals surface area contributed by atoms with E-state index in [1.807, 2.05) is 6.07 Å². The van der Waals surface area contributed by atoms with Gasteiger partial charge in [-0.25, -0.2) is 0 Å². The number of nitrogens with zero attached hydrogens (tertiary/aromatic N) is 1. The van der Waals surface area contributed by atoms with Crippen molar-refractivity contribution in [1.82, 2.24) is 0 Å². The standard InChI is InChI=1S/C60H57NO/c1-59(2,3)44-36-43(37-45(39-44)60(4,5)6)47-25-11-15-31-54(47)61(53-30-14-10-24-46(53)42-34-35-51-50-27-13-17-33-56(50)62-57(51)38-42)55-32-16-12-26-49(55)52-29-19-23-41-22-18-28-48(58(41)52)40-20-8-7-9-21-40/h10-19,22-40H,7-9,20-21H2,1-6H3. The minimum atomic E-state index is -0.0243. The van der Waals surface area contributed by atoms with Crippen LogP contribution in [0.5, 0.6) is 0 Å². The number of fused-ring (bicyclic) bond motifs is 4. The average molecular weight is 808 g/mol. The molecule has 10 rings (SSSR count). The lowest BCUT2D eigenvalue weighted by molar-refractivity contribution is 0.445. The van der Waals surface area contributed by atoms with Gasteiger partial charge in [0.2, 0.25) is 0 Å². The van der Waals surface area contributed by atoms with E-state index in [0.29, 0.717) is 5.92 Å². The lowest BCUT2D eigenvalue weighted by Gasteiger charge is -2.33. The second-order valence-electron chi connectivity index (χ2n) is 19.6. The van der Waals surface area contributed by atoms with E-state index in [4.69, 9.17) is 4.42 Å². The molecule has 0 N–H and O–H groups in total. The zero-order valence-corrected chi connectivity index (χ0v) is 37.1. The van der Waals surface area contributed by atoms with Crippen molar-refractivity contribution < 1.29 is 4.42 Å². The van der Waals surface area contributed by atoms with Crippen LogP contribution in [-0.2, 0) is 10.8 Å². The van der Waals surface area contributed by atoms with Gasteiger partial charge in [0.15, 0.2) is 0 Å². The number of rotatable bonds is 7. The molecule has 0 saturated heterocycles. The summed E-state index contributed by atoms with van der Waals surface area (Å²) in [5.74, 6) is 0.568. The van der Waals surface area contributed by atoms with Crippen LogP contribution < -0.4 is 4.90 Å². The van der Waals surface area contributed by atoms with Crippen LogP contribution in [0.15, 0.2) is 174 Å². The monoisotopic (exact) mass is 807 g/mol. The van der Waals surface area contributed by atoms with Gasteiger partial charge in [0.05, 0.1) is 17.1 Å². The molecule has 2 nitrogen and oxygen atoms in total. The minimum absolute atomic E-state index is 0.0243. The number of benzene rings is 8. The Bertz CT molecular complexity index is 3050. The van der Waals surface area contributed by atoms with Crippen molar-refractivity contribution >= 4 is 49.8 Å². The van der Waals surface area contributed by atoms with Crippen LogP contribution in [0, 0.1) is 0 Å². The first kappa shape index (κ1) is 39.7. The molecule has 1 saturated carbocycles. The topological polar surface area (TPSA) is 16.4 Å². The van der Waals surface area contributed by atoms with E-state index in [1.54, 1.807) is 0 Å². The molecule has 1 aromatic heterocycles. The van der Waals surface area contributed by atoms with Crippen molar-refractivity contribution in [3.63, 3.8) is 0 Å². The van der Waals surface area contributed by atoms with Gasteiger partial charge in [-0.3, -0.25) is 0 Å². The van der Waals surface area contributed by atoms with Crippen LogP contribution in [0.4, 0.5) is 17.1 Å². The molecule has 9 aromatic rings. The Balaban J connectivity index is 1.25. The minimum Gasteiger partial charge on any atom is -0.456 e. The molecular weight excluding hydrogens is 751 g/mol. The molecular formula is C60H57NO. The molecule has 0 amide bonds. The second kappa shape index (κ2) is 15.8. The first-order valence-corrected chi connectivity index (χ1v) is 22.7. The van der Waals surface area contributed by atoms with Gasteiger partial charge in [-0.15, -0.1) is 0 Å². The van der Waals surface area contributed by atoms with Gasteiger partial charge in [0.1, 0.15) is 11.2 Å². The summed E-state index contributed by atoms with van der Waals surface area (Å²) < 4.78 is 6.50. The summed E-state index contributed by atoms with van der Waals surface area (Å²) in [7, 11) is 0. The van der Waals surface area contributed by atoms with E-state index in [2.05, 4.69) is 210 Å². The van der Waals surface area contributed by atoms with Crippen LogP contribution in [-0.4, -0.2) is 0 Å². The zero-order valence-electron chi connectivity index (χ0n) is 37.1. The number of furan rings is 1. The van der Waals surface area contributed by atoms with Gasteiger partial charge in [0.25, 0.3) is 0 Å². The highest BCUT2D eigenvalue weighted by atomic mass is 16.3. The Morgan fingerprint density at radius 3 is 1.63 bits per heavy atom. The van der Waals surface area contributed by atoms with Crippen molar-refractivity contribution in [2.45, 2.75) is 90.4 Å². The highest BCUT2D eigenvalue weighted by molar-refractivity contribution is 6.08. The highest BCUT2D eigenvalue weighted by Gasteiger charge is 2.27. The molecule has 0 radical (unpaired) electrons. The van der Waals surface area contributed by atoms with E-state index in [-0.39, 0.29) is 10.8 Å². The second-order valence-corrected chi connectivity index (χ2v) is 19.6. The van der Waals surface area contributed by atoms with Crippen molar-refractivity contribution in [3.8, 4) is 33.4 Å². The summed E-state index contributed by atoms with van der Waals surface area (Å²) >= 11 is 0. The first-order chi connectivity index (χ1) is 30.0. The molecule has 2 heteroatoms. The zero-order chi connectivity index (χ0) is 42.6. The van der Waals surface area contributed by atoms with Crippen molar-refractivity contribution in [2.24, 2.45) is 0 Å². The van der Waals surface area contributed by atoms with Gasteiger partial charge >= 0.3 is 0 Å². The first-order valence-electron chi connectivity index (χ1n) is 22.7. The van der Waals surface area contributed by atoms with Gasteiger partial charge < -0.3 is 9.32 Å². The van der Waals surface area contributed by atoms with Gasteiger partial charge in [-0.2, -0.15) is 0 Å². The Labute approximate surface area is 367 Å². The van der Waals surface area contributed by atoms with Gasteiger partial charge in [0, 0.05) is 27.5 Å². The quantitative estimate of drug-likeness (QED) is 0.159. The SMILES string of the molecule is CC(C)(C)c1cc(-c2ccccc2N(c2ccccc2-c2ccc3c(c2)oc2ccccc23)c2ccccc2-c2cccc3cccc(C4CCCCC4)c23)cc(C(C)(C)C)c1. The molecule has 1 aliphatic carbocycles. The Morgan fingerprint density at radius 1 is 0.435 bits per heavy atom. The molecule has 0 atom stereocenters. The maximum Gasteiger partial charge on any atom is 0.136 e. The van der Waals surface area contributed by atoms with E-state index in [9.17, 15) is 0 Å². The van der Waals surface area contributed by atoms with Crippen LogP contribution in [0.3, 0.4) is 0 Å². The van der Waals surface area contributed by atoms with Crippen molar-refractivity contribution in [1.29, 1.82) is 0 Å². The maximum atomic E-state index is 6.50. The third-order valence-corrected chi connectivity index (χ3v) is 13.4. The number of hydrogen-bond acceptors (Lipinski definition) is 2. The smallest absolute Gasteiger partial charge is 0.136 e. The summed E-state index contributed by atoms with van der Waals surface area (Å²) in [4.78, 5) is 2.55. The van der Waals surface area contributed by atoms with E-state index < -0.39 is 0 Å². The predicted octanol–water partition coefficient (Wildman–Crippen LogP) is 17.9. The van der Waals surface area contributed by atoms with Crippen LogP contribution in [0.2, 0.25) is 0 Å². The van der Waals surface area contributed by atoms with Crippen molar-refractivity contribution in [2.75, 3.05) is 4.90 Å². The summed E-state index contributed by atoms with van der Waals surface area (Å²) in [6.45, 7) is 14.0. The third-order valence-electron chi connectivity index (χ3n) is 13.4.